The lowest BCUT2D eigenvalue weighted by Crippen LogP contribution is -2.52. The number of nitrogens with zero attached hydrogens (tertiary/aromatic N) is 1. The molecule has 2 N–H and O–H groups in total. The number of carbonyl (C=O) groups excluding carboxylic acids is 1. The highest BCUT2D eigenvalue weighted by molar-refractivity contribution is 5.83. The number of methoxy groups -OCH3 is 1. The van der Waals surface area contributed by atoms with Gasteiger partial charge in [-0.05, 0) is 38.0 Å². The van der Waals surface area contributed by atoms with Gasteiger partial charge in [0.2, 0.25) is 5.91 Å². The van der Waals surface area contributed by atoms with Gasteiger partial charge >= 0.3 is 5.97 Å². The Kier molecular flexibility index (Phi) is 4.17. The molecule has 0 saturated carbocycles. The molecule has 3 aliphatic heterocycles. The molecule has 1 amide bonds. The first kappa shape index (κ1) is 14.8. The third kappa shape index (κ3) is 2.92. The highest BCUT2D eigenvalue weighted by atomic mass is 16.5. The van der Waals surface area contributed by atoms with Gasteiger partial charge < -0.3 is 20.1 Å². The minimum atomic E-state index is -0.723. The van der Waals surface area contributed by atoms with Crippen molar-refractivity contribution in [3.05, 3.63) is 0 Å². The molecule has 3 saturated heterocycles. The number of fused-ring (bicyclic) bond motifs is 2. The maximum Gasteiger partial charge on any atom is 0.303 e. The molecule has 4 atom stereocenters. The Morgan fingerprint density at radius 3 is 2.43 bits per heavy atom. The number of nitrogens with one attached hydrogen (secondary N) is 1. The second kappa shape index (κ2) is 5.93. The van der Waals surface area contributed by atoms with Crippen molar-refractivity contribution in [2.75, 3.05) is 13.7 Å². The maximum atomic E-state index is 12.7. The molecule has 3 fully saturated rings. The fourth-order valence-corrected chi connectivity index (χ4v) is 4.31. The fourth-order valence-electron chi connectivity index (χ4n) is 4.31. The topological polar surface area (TPSA) is 78.9 Å². The number of carboxylic acid groups (broad SMARTS) is 1. The molecule has 3 heterocycles. The van der Waals surface area contributed by atoms with E-state index in [2.05, 4.69) is 5.32 Å². The lowest BCUT2D eigenvalue weighted by Gasteiger charge is -2.40. The highest BCUT2D eigenvalue weighted by Crippen LogP contribution is 2.40. The lowest BCUT2D eigenvalue weighted by atomic mass is 9.87. The molecule has 0 spiro atoms. The molecule has 2 bridgehead atoms. The number of carbonyl (C=O) groups is 2. The Hall–Kier alpha value is -1.14. The zero-order valence-electron chi connectivity index (χ0n) is 12.5. The molecule has 118 valence electrons. The summed E-state index contributed by atoms with van der Waals surface area (Å²) in [6.45, 7) is 0.734. The summed E-state index contributed by atoms with van der Waals surface area (Å²) in [5.74, 6) is -0.303. The average molecular weight is 296 g/mol. The van der Waals surface area contributed by atoms with Gasteiger partial charge in [-0.25, -0.2) is 0 Å². The van der Waals surface area contributed by atoms with Gasteiger partial charge in [0.1, 0.15) is 0 Å². The summed E-state index contributed by atoms with van der Waals surface area (Å²) in [4.78, 5) is 25.7. The van der Waals surface area contributed by atoms with Gasteiger partial charge in [-0.15, -0.1) is 0 Å². The van der Waals surface area contributed by atoms with Crippen molar-refractivity contribution in [2.45, 2.75) is 62.8 Å². The summed E-state index contributed by atoms with van der Waals surface area (Å²) < 4.78 is 5.31. The van der Waals surface area contributed by atoms with Crippen LogP contribution in [0.25, 0.3) is 0 Å². The van der Waals surface area contributed by atoms with Crippen LogP contribution in [0.1, 0.15) is 38.5 Å². The molecule has 0 aromatic heterocycles. The molecule has 4 unspecified atom stereocenters. The normalized spacial score (nSPS) is 38.7. The molecule has 0 radical (unpaired) electrons. The smallest absolute Gasteiger partial charge is 0.303 e. The fraction of sp³-hybridized carbons (Fsp3) is 0.867. The summed E-state index contributed by atoms with van der Waals surface area (Å²) in [6, 6.07) is 0.349. The SMILES string of the molecule is COC1CNC(C(=O)N2C3CCC2CC(CC(=O)O)C3)C1. The van der Waals surface area contributed by atoms with E-state index in [1.54, 1.807) is 7.11 Å². The second-order valence-corrected chi connectivity index (χ2v) is 6.62. The van der Waals surface area contributed by atoms with E-state index in [0.717, 1.165) is 38.6 Å². The van der Waals surface area contributed by atoms with Crippen LogP contribution in [0.3, 0.4) is 0 Å². The Bertz CT molecular complexity index is 414. The summed E-state index contributed by atoms with van der Waals surface area (Å²) in [5.41, 5.74) is 0. The Morgan fingerprint density at radius 1 is 1.24 bits per heavy atom. The first-order chi connectivity index (χ1) is 10.1. The number of carboxylic acids is 1. The van der Waals surface area contributed by atoms with E-state index in [0.29, 0.717) is 0 Å². The highest BCUT2D eigenvalue weighted by Gasteiger charge is 2.46. The van der Waals surface area contributed by atoms with Crippen LogP contribution in [0, 0.1) is 5.92 Å². The predicted molar refractivity (Wildman–Crippen MR) is 75.8 cm³/mol. The summed E-state index contributed by atoms with van der Waals surface area (Å²) in [6.07, 6.45) is 4.83. The lowest BCUT2D eigenvalue weighted by molar-refractivity contribution is -0.140. The van der Waals surface area contributed by atoms with Crippen LogP contribution >= 0.6 is 0 Å². The third-order valence-corrected chi connectivity index (χ3v) is 5.27. The quantitative estimate of drug-likeness (QED) is 0.794. The largest absolute Gasteiger partial charge is 0.481 e. The molecular weight excluding hydrogens is 272 g/mol. The van der Waals surface area contributed by atoms with E-state index in [4.69, 9.17) is 9.84 Å². The molecule has 6 nitrogen and oxygen atoms in total. The van der Waals surface area contributed by atoms with Crippen molar-refractivity contribution in [3.63, 3.8) is 0 Å². The molecule has 0 aromatic carbocycles. The molecule has 3 rings (SSSR count). The van der Waals surface area contributed by atoms with E-state index < -0.39 is 5.97 Å². The van der Waals surface area contributed by atoms with E-state index >= 15 is 0 Å². The average Bonchev–Trinajstić information content (AvgIpc) is 3.01. The first-order valence-electron chi connectivity index (χ1n) is 7.88. The molecular formula is C15H24N2O4. The number of hydrogen-bond donors (Lipinski definition) is 2. The number of amides is 1. The standard InChI is InChI=1S/C15H24N2O4/c1-21-12-7-13(16-8-12)15(20)17-10-2-3-11(17)5-9(4-10)6-14(18)19/h9-13,16H,2-8H2,1H3,(H,18,19). The molecule has 0 aromatic rings. The van der Waals surface area contributed by atoms with Crippen molar-refractivity contribution in [3.8, 4) is 0 Å². The Labute approximate surface area is 124 Å². The summed E-state index contributed by atoms with van der Waals surface area (Å²) >= 11 is 0. The van der Waals surface area contributed by atoms with Gasteiger partial charge in [-0.3, -0.25) is 9.59 Å². The molecule has 0 aliphatic carbocycles. The van der Waals surface area contributed by atoms with Gasteiger partial charge in [0.15, 0.2) is 0 Å². The van der Waals surface area contributed by atoms with E-state index in [-0.39, 0.29) is 42.5 Å². The van der Waals surface area contributed by atoms with Crippen LogP contribution in [0.2, 0.25) is 0 Å². The molecule has 6 heteroatoms. The zero-order chi connectivity index (χ0) is 15.0. The minimum Gasteiger partial charge on any atom is -0.481 e. The van der Waals surface area contributed by atoms with Crippen molar-refractivity contribution in [1.82, 2.24) is 10.2 Å². The van der Waals surface area contributed by atoms with Gasteiger partial charge in [-0.2, -0.15) is 0 Å². The minimum absolute atomic E-state index is 0.126. The first-order valence-corrected chi connectivity index (χ1v) is 7.88. The van der Waals surface area contributed by atoms with Crippen LogP contribution in [0.4, 0.5) is 0 Å². The maximum absolute atomic E-state index is 12.7. The zero-order valence-corrected chi connectivity index (χ0v) is 12.5. The number of aliphatic carboxylic acids is 1. The van der Waals surface area contributed by atoms with E-state index in [9.17, 15) is 9.59 Å². The van der Waals surface area contributed by atoms with E-state index in [1.165, 1.54) is 0 Å². The number of hydrogen-bond acceptors (Lipinski definition) is 4. The van der Waals surface area contributed by atoms with Crippen LogP contribution < -0.4 is 5.32 Å². The van der Waals surface area contributed by atoms with Gasteiger partial charge in [0.05, 0.1) is 12.1 Å². The number of piperidine rings is 1. The van der Waals surface area contributed by atoms with Crippen molar-refractivity contribution in [2.24, 2.45) is 5.92 Å². The second-order valence-electron chi connectivity index (χ2n) is 6.62. The van der Waals surface area contributed by atoms with Crippen LogP contribution in [0.5, 0.6) is 0 Å². The van der Waals surface area contributed by atoms with Crippen molar-refractivity contribution < 1.29 is 19.4 Å². The van der Waals surface area contributed by atoms with Crippen molar-refractivity contribution in [1.29, 1.82) is 0 Å². The Morgan fingerprint density at radius 2 is 1.90 bits per heavy atom. The number of rotatable bonds is 4. The third-order valence-electron chi connectivity index (χ3n) is 5.27. The van der Waals surface area contributed by atoms with Crippen molar-refractivity contribution >= 4 is 11.9 Å². The van der Waals surface area contributed by atoms with Gasteiger partial charge in [0, 0.05) is 32.2 Å². The summed E-state index contributed by atoms with van der Waals surface area (Å²) in [5, 5.41) is 12.2. The predicted octanol–water partition coefficient (Wildman–Crippen LogP) is 0.608. The monoisotopic (exact) mass is 296 g/mol. The van der Waals surface area contributed by atoms with Gasteiger partial charge in [-0.1, -0.05) is 0 Å². The van der Waals surface area contributed by atoms with Gasteiger partial charge in [0.25, 0.3) is 0 Å². The van der Waals surface area contributed by atoms with Crippen LogP contribution in [-0.2, 0) is 14.3 Å². The van der Waals surface area contributed by atoms with Crippen LogP contribution in [-0.4, -0.2) is 59.8 Å². The molecule has 21 heavy (non-hydrogen) atoms. The number of ether oxygens (including phenoxy) is 1. The summed E-state index contributed by atoms with van der Waals surface area (Å²) in [7, 11) is 1.68. The van der Waals surface area contributed by atoms with E-state index in [1.807, 2.05) is 4.90 Å². The Balaban J connectivity index is 1.62. The van der Waals surface area contributed by atoms with Crippen LogP contribution in [0.15, 0.2) is 0 Å². The molecule has 3 aliphatic rings.